The lowest BCUT2D eigenvalue weighted by Gasteiger charge is -2.25. The van der Waals surface area contributed by atoms with Crippen molar-refractivity contribution in [3.05, 3.63) is 176 Å². The quantitative estimate of drug-likeness (QED) is 0.183. The van der Waals surface area contributed by atoms with Gasteiger partial charge in [-0.25, -0.2) is 0 Å². The van der Waals surface area contributed by atoms with Crippen LogP contribution in [0.25, 0.3) is 88.1 Å². The zero-order valence-corrected chi connectivity index (χ0v) is 27.9. The molecule has 52 heavy (non-hydrogen) atoms. The van der Waals surface area contributed by atoms with Crippen LogP contribution in [-0.2, 0) is 0 Å². The summed E-state index contributed by atoms with van der Waals surface area (Å²) in [4.78, 5) is 2.27. The van der Waals surface area contributed by atoms with Crippen LogP contribution in [0, 0.1) is 0 Å². The van der Waals surface area contributed by atoms with Gasteiger partial charge in [0.15, 0.2) is 11.2 Å². The van der Waals surface area contributed by atoms with Gasteiger partial charge in [-0.2, -0.15) is 0 Å². The van der Waals surface area contributed by atoms with Crippen LogP contribution in [0.1, 0.15) is 0 Å². The molecule has 0 saturated heterocycles. The molecule has 3 aromatic heterocycles. The first kappa shape index (κ1) is 28.8. The second-order valence-corrected chi connectivity index (χ2v) is 13.2. The maximum atomic E-state index is 6.95. The fraction of sp³-hybridized carbons (Fsp3) is 0. The van der Waals surface area contributed by atoms with Crippen molar-refractivity contribution in [2.24, 2.45) is 0 Å². The lowest BCUT2D eigenvalue weighted by molar-refractivity contribution is 0.666. The number of anilines is 3. The Morgan fingerprint density at radius 1 is 0.288 bits per heavy atom. The average Bonchev–Trinajstić information content (AvgIpc) is 3.91. The molecular weight excluding hydrogens is 639 g/mol. The third-order valence-corrected chi connectivity index (χ3v) is 10.3. The molecule has 0 aliphatic carbocycles. The molecule has 0 atom stereocenters. The van der Waals surface area contributed by atoms with E-state index in [1.165, 1.54) is 0 Å². The molecule has 0 amide bonds. The first-order valence-electron chi connectivity index (χ1n) is 17.5. The molecule has 4 heteroatoms. The summed E-state index contributed by atoms with van der Waals surface area (Å²) in [5.74, 6) is 0. The van der Waals surface area contributed by atoms with Crippen molar-refractivity contribution in [3.8, 4) is 22.3 Å². The van der Waals surface area contributed by atoms with Gasteiger partial charge in [0.1, 0.15) is 22.3 Å². The zero-order valence-electron chi connectivity index (χ0n) is 27.9. The largest absolute Gasteiger partial charge is 0.455 e. The third kappa shape index (κ3) is 4.28. The summed E-state index contributed by atoms with van der Waals surface area (Å²) >= 11 is 0. The highest BCUT2D eigenvalue weighted by molar-refractivity contribution is 6.16. The highest BCUT2D eigenvalue weighted by atomic mass is 16.3. The van der Waals surface area contributed by atoms with Gasteiger partial charge in [-0.05, 0) is 47.5 Å². The molecule has 244 valence electrons. The number of benzene rings is 8. The van der Waals surface area contributed by atoms with Crippen molar-refractivity contribution in [1.82, 2.24) is 0 Å². The van der Waals surface area contributed by atoms with Crippen LogP contribution in [0.4, 0.5) is 17.1 Å². The van der Waals surface area contributed by atoms with E-state index in [9.17, 15) is 0 Å². The number of hydrogen-bond donors (Lipinski definition) is 0. The monoisotopic (exact) mass is 667 g/mol. The molecule has 0 aliphatic rings. The number of fused-ring (bicyclic) bond motifs is 9. The number of para-hydroxylation sites is 6. The van der Waals surface area contributed by atoms with E-state index in [-0.39, 0.29) is 0 Å². The van der Waals surface area contributed by atoms with Crippen molar-refractivity contribution >= 4 is 82.9 Å². The number of rotatable bonds is 5. The first-order chi connectivity index (χ1) is 25.8. The summed E-state index contributed by atoms with van der Waals surface area (Å²) in [6.45, 7) is 0. The standard InChI is InChI=1S/C48H29NO3/c1-2-12-30(13-3-1)33-16-9-19-39-40-21-11-23-42(48(40)52-46(33)39)49(41-22-10-20-38-36-15-5-7-25-44(36)51-47(38)41)32-28-26-31(27-29-32)34-17-8-18-37-35-14-4-6-24-43(35)50-45(34)37/h1-29H. The maximum absolute atomic E-state index is 6.95. The van der Waals surface area contributed by atoms with Crippen LogP contribution in [0.3, 0.4) is 0 Å². The SMILES string of the molecule is c1ccc(-c2cccc3c2oc2c(N(c4ccc(-c5cccc6c5oc5ccccc56)cc4)c4cccc5c4oc4ccccc45)cccc23)cc1. The van der Waals surface area contributed by atoms with Crippen molar-refractivity contribution in [2.75, 3.05) is 4.90 Å². The highest BCUT2D eigenvalue weighted by Gasteiger charge is 2.24. The van der Waals surface area contributed by atoms with Crippen molar-refractivity contribution in [1.29, 1.82) is 0 Å². The molecular formula is C48H29NO3. The second-order valence-electron chi connectivity index (χ2n) is 13.2. The molecule has 11 aromatic rings. The summed E-state index contributed by atoms with van der Waals surface area (Å²) in [5.41, 5.74) is 12.3. The topological polar surface area (TPSA) is 42.7 Å². The molecule has 0 unspecified atom stereocenters. The maximum Gasteiger partial charge on any atom is 0.159 e. The minimum atomic E-state index is 0.810. The molecule has 0 fully saturated rings. The predicted molar refractivity (Wildman–Crippen MR) is 214 cm³/mol. The van der Waals surface area contributed by atoms with Gasteiger partial charge in [-0.15, -0.1) is 0 Å². The number of nitrogens with zero attached hydrogens (tertiary/aromatic N) is 1. The molecule has 0 bridgehead atoms. The Labute approximate surface area is 298 Å². The normalized spacial score (nSPS) is 11.8. The van der Waals surface area contributed by atoms with Gasteiger partial charge in [0.25, 0.3) is 0 Å². The zero-order chi connectivity index (χ0) is 34.2. The van der Waals surface area contributed by atoms with E-state index in [1.807, 2.05) is 30.3 Å². The summed E-state index contributed by atoms with van der Waals surface area (Å²) in [7, 11) is 0. The van der Waals surface area contributed by atoms with E-state index in [0.29, 0.717) is 0 Å². The molecule has 11 rings (SSSR count). The first-order valence-corrected chi connectivity index (χ1v) is 17.5. The molecule has 4 nitrogen and oxygen atoms in total. The Kier molecular flexibility index (Phi) is 6.22. The third-order valence-electron chi connectivity index (χ3n) is 10.3. The summed E-state index contributed by atoms with van der Waals surface area (Å²) in [6.07, 6.45) is 0. The fourth-order valence-corrected chi connectivity index (χ4v) is 7.91. The smallest absolute Gasteiger partial charge is 0.159 e. The Bertz CT molecular complexity index is 3130. The second kappa shape index (κ2) is 11.2. The highest BCUT2D eigenvalue weighted by Crippen LogP contribution is 2.47. The summed E-state index contributed by atoms with van der Waals surface area (Å²) < 4.78 is 20.0. The molecule has 0 N–H and O–H groups in total. The van der Waals surface area contributed by atoms with E-state index < -0.39 is 0 Å². The molecule has 8 aromatic carbocycles. The van der Waals surface area contributed by atoms with Crippen LogP contribution in [0.5, 0.6) is 0 Å². The van der Waals surface area contributed by atoms with E-state index in [0.717, 1.165) is 105 Å². The van der Waals surface area contributed by atoms with Crippen LogP contribution < -0.4 is 4.90 Å². The molecule has 0 spiro atoms. The molecule has 0 radical (unpaired) electrons. The predicted octanol–water partition coefficient (Wildman–Crippen LogP) is 14.2. The minimum Gasteiger partial charge on any atom is -0.455 e. The number of hydrogen-bond acceptors (Lipinski definition) is 4. The lowest BCUT2D eigenvalue weighted by atomic mass is 10.0. The van der Waals surface area contributed by atoms with Crippen molar-refractivity contribution in [2.45, 2.75) is 0 Å². The molecule has 0 aliphatic heterocycles. The molecule has 0 saturated carbocycles. The van der Waals surface area contributed by atoms with Crippen LogP contribution >= 0.6 is 0 Å². The summed E-state index contributed by atoms with van der Waals surface area (Å²) in [5, 5.41) is 6.52. The van der Waals surface area contributed by atoms with Crippen LogP contribution in [0.2, 0.25) is 0 Å². The van der Waals surface area contributed by atoms with Crippen LogP contribution in [-0.4, -0.2) is 0 Å². The van der Waals surface area contributed by atoms with Gasteiger partial charge >= 0.3 is 0 Å². The average molecular weight is 668 g/mol. The van der Waals surface area contributed by atoms with Crippen molar-refractivity contribution < 1.29 is 13.3 Å². The van der Waals surface area contributed by atoms with E-state index in [4.69, 9.17) is 13.3 Å². The van der Waals surface area contributed by atoms with Gasteiger partial charge < -0.3 is 18.2 Å². The van der Waals surface area contributed by atoms with Gasteiger partial charge in [-0.3, -0.25) is 0 Å². The Morgan fingerprint density at radius 3 is 1.35 bits per heavy atom. The van der Waals surface area contributed by atoms with E-state index in [2.05, 4.69) is 150 Å². The Balaban J connectivity index is 1.14. The Hall–Kier alpha value is -7.04. The van der Waals surface area contributed by atoms with Gasteiger partial charge in [0, 0.05) is 49.1 Å². The van der Waals surface area contributed by atoms with E-state index in [1.54, 1.807) is 0 Å². The number of furan rings is 3. The minimum absolute atomic E-state index is 0.810. The van der Waals surface area contributed by atoms with E-state index >= 15 is 0 Å². The van der Waals surface area contributed by atoms with Crippen LogP contribution in [0.15, 0.2) is 189 Å². The molecule has 3 heterocycles. The summed E-state index contributed by atoms with van der Waals surface area (Å²) in [6, 6.07) is 61.1. The van der Waals surface area contributed by atoms with Crippen molar-refractivity contribution in [3.63, 3.8) is 0 Å². The fourth-order valence-electron chi connectivity index (χ4n) is 7.91. The Morgan fingerprint density at radius 2 is 0.712 bits per heavy atom. The lowest BCUT2D eigenvalue weighted by Crippen LogP contribution is -2.10. The van der Waals surface area contributed by atoms with Gasteiger partial charge in [0.2, 0.25) is 0 Å². The van der Waals surface area contributed by atoms with Gasteiger partial charge in [-0.1, -0.05) is 140 Å². The van der Waals surface area contributed by atoms with Gasteiger partial charge in [0.05, 0.1) is 11.4 Å².